The Balaban J connectivity index is 1.88. The average molecular weight is 269 g/mol. The zero-order valence-electron chi connectivity index (χ0n) is 10.8. The normalized spacial score (nSPS) is 10.5. The summed E-state index contributed by atoms with van der Waals surface area (Å²) in [4.78, 5) is 4.27. The molecule has 20 heavy (non-hydrogen) atoms. The molecule has 0 saturated heterocycles. The summed E-state index contributed by atoms with van der Waals surface area (Å²) in [5.41, 5.74) is 1.66. The minimum atomic E-state index is -0.330. The van der Waals surface area contributed by atoms with Gasteiger partial charge in [0, 0.05) is 37.1 Å². The van der Waals surface area contributed by atoms with E-state index in [1.165, 1.54) is 12.1 Å². The van der Waals surface area contributed by atoms with Gasteiger partial charge in [-0.3, -0.25) is 9.67 Å². The molecule has 0 fully saturated rings. The van der Waals surface area contributed by atoms with E-state index in [1.807, 2.05) is 13.2 Å². The number of hydrogen-bond donors (Lipinski definition) is 0. The summed E-state index contributed by atoms with van der Waals surface area (Å²) in [6, 6.07) is 9.54. The number of halogens is 1. The molecule has 4 nitrogen and oxygen atoms in total. The van der Waals surface area contributed by atoms with Crippen molar-refractivity contribution in [1.82, 2.24) is 14.8 Å². The zero-order chi connectivity index (χ0) is 13.9. The molecular weight excluding hydrogens is 257 g/mol. The summed E-state index contributed by atoms with van der Waals surface area (Å²) in [6.45, 7) is 0. The van der Waals surface area contributed by atoms with Crippen LogP contribution in [0.15, 0.2) is 55.0 Å². The average Bonchev–Trinajstić information content (AvgIpc) is 2.86. The second kappa shape index (κ2) is 5.13. The Morgan fingerprint density at radius 2 is 2.00 bits per heavy atom. The van der Waals surface area contributed by atoms with Crippen LogP contribution in [0.5, 0.6) is 11.5 Å². The third-order valence-electron chi connectivity index (χ3n) is 2.76. The van der Waals surface area contributed by atoms with Crippen molar-refractivity contribution in [2.24, 2.45) is 7.05 Å². The van der Waals surface area contributed by atoms with Gasteiger partial charge in [-0.05, 0) is 18.2 Å². The first-order chi connectivity index (χ1) is 9.70. The van der Waals surface area contributed by atoms with Crippen LogP contribution < -0.4 is 4.74 Å². The molecule has 100 valence electrons. The van der Waals surface area contributed by atoms with Gasteiger partial charge in [-0.1, -0.05) is 6.07 Å². The van der Waals surface area contributed by atoms with E-state index in [-0.39, 0.29) is 5.82 Å². The maximum atomic E-state index is 13.1. The van der Waals surface area contributed by atoms with E-state index in [4.69, 9.17) is 4.74 Å². The van der Waals surface area contributed by atoms with Gasteiger partial charge < -0.3 is 4.74 Å². The molecular formula is C15H12FN3O. The van der Waals surface area contributed by atoms with Crippen molar-refractivity contribution in [3.8, 4) is 22.8 Å². The third kappa shape index (κ3) is 2.66. The van der Waals surface area contributed by atoms with Gasteiger partial charge in [-0.15, -0.1) is 0 Å². The Hall–Kier alpha value is -2.69. The lowest BCUT2D eigenvalue weighted by atomic mass is 10.2. The first kappa shape index (κ1) is 12.3. The second-order valence-corrected chi connectivity index (χ2v) is 4.34. The minimum absolute atomic E-state index is 0.330. The van der Waals surface area contributed by atoms with Crippen molar-refractivity contribution in [2.45, 2.75) is 0 Å². The fraction of sp³-hybridized carbons (Fsp3) is 0.0667. The van der Waals surface area contributed by atoms with Crippen LogP contribution in [0.25, 0.3) is 11.3 Å². The molecule has 0 radical (unpaired) electrons. The molecule has 5 heteroatoms. The maximum Gasteiger partial charge on any atom is 0.131 e. The van der Waals surface area contributed by atoms with Crippen LogP contribution in [-0.2, 0) is 7.05 Å². The molecule has 0 N–H and O–H groups in total. The quantitative estimate of drug-likeness (QED) is 0.731. The van der Waals surface area contributed by atoms with Gasteiger partial charge in [0.2, 0.25) is 0 Å². The summed E-state index contributed by atoms with van der Waals surface area (Å²) in [7, 11) is 1.84. The van der Waals surface area contributed by atoms with Crippen molar-refractivity contribution < 1.29 is 9.13 Å². The van der Waals surface area contributed by atoms with Gasteiger partial charge in [-0.2, -0.15) is 5.10 Å². The van der Waals surface area contributed by atoms with Crippen LogP contribution in [0.4, 0.5) is 4.39 Å². The molecule has 2 heterocycles. The van der Waals surface area contributed by atoms with Gasteiger partial charge in [0.15, 0.2) is 0 Å². The second-order valence-electron chi connectivity index (χ2n) is 4.34. The van der Waals surface area contributed by atoms with Crippen molar-refractivity contribution in [2.75, 3.05) is 0 Å². The number of nitrogens with zero attached hydrogens (tertiary/aromatic N) is 3. The lowest BCUT2D eigenvalue weighted by molar-refractivity contribution is 0.476. The van der Waals surface area contributed by atoms with E-state index < -0.39 is 0 Å². The van der Waals surface area contributed by atoms with E-state index in [0.29, 0.717) is 11.5 Å². The molecule has 0 spiro atoms. The largest absolute Gasteiger partial charge is 0.457 e. The smallest absolute Gasteiger partial charge is 0.131 e. The van der Waals surface area contributed by atoms with Crippen LogP contribution in [0.2, 0.25) is 0 Å². The van der Waals surface area contributed by atoms with Crippen molar-refractivity contribution in [1.29, 1.82) is 0 Å². The molecule has 1 aromatic carbocycles. The van der Waals surface area contributed by atoms with Crippen LogP contribution in [0, 0.1) is 5.82 Å². The Kier molecular flexibility index (Phi) is 3.16. The van der Waals surface area contributed by atoms with Crippen LogP contribution >= 0.6 is 0 Å². The highest BCUT2D eigenvalue weighted by molar-refractivity contribution is 5.58. The molecule has 0 aliphatic heterocycles. The molecule has 0 saturated carbocycles. The topological polar surface area (TPSA) is 39.9 Å². The first-order valence-corrected chi connectivity index (χ1v) is 6.09. The van der Waals surface area contributed by atoms with E-state index in [0.717, 1.165) is 11.3 Å². The van der Waals surface area contributed by atoms with Gasteiger partial charge in [-0.25, -0.2) is 4.39 Å². The van der Waals surface area contributed by atoms with Crippen LogP contribution in [0.1, 0.15) is 0 Å². The fourth-order valence-electron chi connectivity index (χ4n) is 1.85. The Bertz CT molecular complexity index is 739. The minimum Gasteiger partial charge on any atom is -0.457 e. The Labute approximate surface area is 115 Å². The SMILES string of the molecule is Cn1cc(-c2cc(Oc3cccc(F)c3)ccn2)cn1. The van der Waals surface area contributed by atoms with Gasteiger partial charge in [0.05, 0.1) is 11.9 Å². The molecule has 0 amide bonds. The summed E-state index contributed by atoms with van der Waals surface area (Å²) in [6.07, 6.45) is 5.25. The van der Waals surface area contributed by atoms with Crippen molar-refractivity contribution in [3.63, 3.8) is 0 Å². The summed E-state index contributed by atoms with van der Waals surface area (Å²) >= 11 is 0. The number of pyridine rings is 1. The number of hydrogen-bond acceptors (Lipinski definition) is 3. The molecule has 3 aromatic rings. The van der Waals surface area contributed by atoms with Crippen molar-refractivity contribution >= 4 is 0 Å². The van der Waals surface area contributed by atoms with Gasteiger partial charge >= 0.3 is 0 Å². The number of aryl methyl sites for hydroxylation is 1. The van der Waals surface area contributed by atoms with E-state index in [9.17, 15) is 4.39 Å². The highest BCUT2D eigenvalue weighted by Gasteiger charge is 2.05. The van der Waals surface area contributed by atoms with Crippen LogP contribution in [0.3, 0.4) is 0 Å². The molecule has 0 atom stereocenters. The standard InChI is InChI=1S/C15H12FN3O/c1-19-10-11(9-18-19)15-8-14(5-6-17-15)20-13-4-2-3-12(16)7-13/h2-10H,1H3. The van der Waals surface area contributed by atoms with E-state index in [2.05, 4.69) is 10.1 Å². The number of rotatable bonds is 3. The van der Waals surface area contributed by atoms with E-state index >= 15 is 0 Å². The predicted octanol–water partition coefficient (Wildman–Crippen LogP) is 3.41. The van der Waals surface area contributed by atoms with Gasteiger partial charge in [0.1, 0.15) is 17.3 Å². The Morgan fingerprint density at radius 3 is 2.75 bits per heavy atom. The zero-order valence-corrected chi connectivity index (χ0v) is 10.8. The summed E-state index contributed by atoms with van der Waals surface area (Å²) in [5, 5.41) is 4.10. The first-order valence-electron chi connectivity index (χ1n) is 6.09. The number of ether oxygens (including phenoxy) is 1. The number of benzene rings is 1. The Morgan fingerprint density at radius 1 is 1.15 bits per heavy atom. The van der Waals surface area contributed by atoms with Gasteiger partial charge in [0.25, 0.3) is 0 Å². The number of aromatic nitrogens is 3. The molecule has 0 aliphatic rings. The fourth-order valence-corrected chi connectivity index (χ4v) is 1.85. The van der Waals surface area contributed by atoms with Crippen molar-refractivity contribution in [3.05, 3.63) is 60.8 Å². The summed E-state index contributed by atoms with van der Waals surface area (Å²) in [5.74, 6) is 0.724. The van der Waals surface area contributed by atoms with Crippen LogP contribution in [-0.4, -0.2) is 14.8 Å². The maximum absolute atomic E-state index is 13.1. The molecule has 0 aliphatic carbocycles. The predicted molar refractivity (Wildman–Crippen MR) is 72.9 cm³/mol. The lowest BCUT2D eigenvalue weighted by Gasteiger charge is -2.06. The molecule has 3 rings (SSSR count). The molecule has 2 aromatic heterocycles. The third-order valence-corrected chi connectivity index (χ3v) is 2.76. The summed E-state index contributed by atoms with van der Waals surface area (Å²) < 4.78 is 20.4. The highest BCUT2D eigenvalue weighted by atomic mass is 19.1. The molecule has 0 bridgehead atoms. The highest BCUT2D eigenvalue weighted by Crippen LogP contribution is 2.25. The van der Waals surface area contributed by atoms with E-state index in [1.54, 1.807) is 41.3 Å². The lowest BCUT2D eigenvalue weighted by Crippen LogP contribution is -1.88. The molecule has 0 unspecified atom stereocenters. The monoisotopic (exact) mass is 269 g/mol.